The summed E-state index contributed by atoms with van der Waals surface area (Å²) in [5, 5.41) is 24.2. The molecule has 3 aromatic rings. The normalized spacial score (nSPS) is 13.8. The summed E-state index contributed by atoms with van der Waals surface area (Å²) in [5.74, 6) is 0.174. The van der Waals surface area contributed by atoms with Crippen LogP contribution in [0.3, 0.4) is 0 Å². The third-order valence-corrected chi connectivity index (χ3v) is 4.90. The molecule has 1 aliphatic rings. The molecule has 1 fully saturated rings. The van der Waals surface area contributed by atoms with Gasteiger partial charge in [0.1, 0.15) is 11.5 Å². The number of benzene rings is 3. The maximum absolute atomic E-state index is 11.1. The largest absolute Gasteiger partial charge is 0.508 e. The van der Waals surface area contributed by atoms with Gasteiger partial charge in [0.2, 0.25) is 0 Å². The summed E-state index contributed by atoms with van der Waals surface area (Å²) in [7, 11) is 0. The van der Waals surface area contributed by atoms with E-state index in [9.17, 15) is 15.1 Å². The van der Waals surface area contributed by atoms with E-state index in [1.54, 1.807) is 18.2 Å². The van der Waals surface area contributed by atoms with E-state index in [0.717, 1.165) is 42.9 Å². The number of anilines is 2. The third-order valence-electron chi connectivity index (χ3n) is 4.90. The van der Waals surface area contributed by atoms with Gasteiger partial charge in [0.25, 0.3) is 0 Å². The Kier molecular flexibility index (Phi) is 5.99. The van der Waals surface area contributed by atoms with Crippen molar-refractivity contribution in [2.75, 3.05) is 36.0 Å². The minimum atomic E-state index is -0.0883. The van der Waals surface area contributed by atoms with Crippen molar-refractivity contribution in [1.82, 2.24) is 0 Å². The van der Waals surface area contributed by atoms with Gasteiger partial charge in [-0.3, -0.25) is 0 Å². The van der Waals surface area contributed by atoms with Gasteiger partial charge in [0.15, 0.2) is 5.69 Å². The van der Waals surface area contributed by atoms with Gasteiger partial charge in [-0.05, 0) is 29.4 Å². The van der Waals surface area contributed by atoms with Crippen LogP contribution in [0.2, 0.25) is 0 Å². The average molecular weight is 379 g/mol. The molecule has 0 spiro atoms. The van der Waals surface area contributed by atoms with Crippen LogP contribution in [-0.2, 0) is 0 Å². The molecule has 0 unspecified atom stereocenters. The molecule has 0 aliphatic carbocycles. The summed E-state index contributed by atoms with van der Waals surface area (Å²) in [6.07, 6.45) is 0. The van der Waals surface area contributed by atoms with Crippen LogP contribution in [0.1, 0.15) is 13.8 Å². The lowest BCUT2D eigenvalue weighted by Gasteiger charge is -2.38. The molecule has 2 N–H and O–H groups in total. The quantitative estimate of drug-likeness (QED) is 0.626. The lowest BCUT2D eigenvalue weighted by atomic mass is 10.0. The highest BCUT2D eigenvalue weighted by Gasteiger charge is 2.21. The fourth-order valence-electron chi connectivity index (χ4n) is 3.55. The summed E-state index contributed by atoms with van der Waals surface area (Å²) >= 11 is 0. The van der Waals surface area contributed by atoms with Gasteiger partial charge in [-0.15, -0.1) is 4.91 Å². The van der Waals surface area contributed by atoms with Crippen LogP contribution in [0.15, 0.2) is 59.8 Å². The zero-order valence-electron chi connectivity index (χ0n) is 16.2. The SMILES string of the molecule is CC.O=Nc1c(O)cc(N2CCN(c3ccc(O)cc3)CC2)c2ccccc12. The van der Waals surface area contributed by atoms with Crippen molar-refractivity contribution in [2.24, 2.45) is 5.18 Å². The van der Waals surface area contributed by atoms with Crippen LogP contribution < -0.4 is 9.80 Å². The van der Waals surface area contributed by atoms with E-state index < -0.39 is 0 Å². The first-order valence-electron chi connectivity index (χ1n) is 9.54. The van der Waals surface area contributed by atoms with Crippen LogP contribution >= 0.6 is 0 Å². The van der Waals surface area contributed by atoms with Gasteiger partial charge in [-0.1, -0.05) is 38.1 Å². The van der Waals surface area contributed by atoms with E-state index in [1.807, 2.05) is 50.2 Å². The highest BCUT2D eigenvalue weighted by molar-refractivity contribution is 6.03. The summed E-state index contributed by atoms with van der Waals surface area (Å²) in [6, 6.07) is 16.4. The summed E-state index contributed by atoms with van der Waals surface area (Å²) in [6.45, 7) is 7.23. The number of aromatic hydroxyl groups is 2. The zero-order chi connectivity index (χ0) is 20.1. The Morgan fingerprint density at radius 1 is 0.821 bits per heavy atom. The van der Waals surface area contributed by atoms with E-state index in [1.165, 1.54) is 0 Å². The number of phenolic OH excluding ortho intramolecular Hbond substituents is 2. The maximum atomic E-state index is 11.1. The molecule has 6 nitrogen and oxygen atoms in total. The number of piperazine rings is 1. The first kappa shape index (κ1) is 19.5. The van der Waals surface area contributed by atoms with Crippen molar-refractivity contribution in [2.45, 2.75) is 13.8 Å². The third kappa shape index (κ3) is 3.71. The molecule has 0 radical (unpaired) electrons. The Hall–Kier alpha value is -3.28. The van der Waals surface area contributed by atoms with Crippen molar-refractivity contribution in [3.8, 4) is 11.5 Å². The van der Waals surface area contributed by atoms with Gasteiger partial charge in [0.05, 0.1) is 0 Å². The minimum absolute atomic E-state index is 0.0883. The highest BCUT2D eigenvalue weighted by atomic mass is 16.3. The second kappa shape index (κ2) is 8.61. The van der Waals surface area contributed by atoms with Crippen LogP contribution in [0, 0.1) is 4.91 Å². The van der Waals surface area contributed by atoms with Crippen LogP contribution in [0.5, 0.6) is 11.5 Å². The van der Waals surface area contributed by atoms with Crippen molar-refractivity contribution >= 4 is 27.8 Å². The minimum Gasteiger partial charge on any atom is -0.508 e. The molecular formula is C22H25N3O3. The molecule has 6 heteroatoms. The number of nitrogens with zero attached hydrogens (tertiary/aromatic N) is 3. The summed E-state index contributed by atoms with van der Waals surface area (Å²) in [4.78, 5) is 15.6. The Labute approximate surface area is 164 Å². The number of nitroso groups, excluding NO2 is 1. The number of phenols is 2. The van der Waals surface area contributed by atoms with E-state index in [-0.39, 0.29) is 17.2 Å². The molecule has 28 heavy (non-hydrogen) atoms. The molecule has 0 amide bonds. The molecule has 0 saturated carbocycles. The smallest absolute Gasteiger partial charge is 0.157 e. The van der Waals surface area contributed by atoms with E-state index in [4.69, 9.17) is 0 Å². The second-order valence-corrected chi connectivity index (χ2v) is 6.39. The van der Waals surface area contributed by atoms with E-state index in [0.29, 0.717) is 5.39 Å². The standard InChI is InChI=1S/C20H19N3O3.C2H6/c24-15-7-5-14(6-8-15)22-9-11-23(12-10-22)18-13-19(25)20(21-26)17-4-2-1-3-16(17)18;1-2/h1-8,13,24-25H,9-12H2;1-2H3. The van der Waals surface area contributed by atoms with Crippen molar-refractivity contribution < 1.29 is 10.2 Å². The molecular weight excluding hydrogens is 354 g/mol. The van der Waals surface area contributed by atoms with Crippen LogP contribution in [0.25, 0.3) is 10.8 Å². The molecule has 0 bridgehead atoms. The molecule has 146 valence electrons. The van der Waals surface area contributed by atoms with Crippen molar-refractivity contribution in [1.29, 1.82) is 0 Å². The lowest BCUT2D eigenvalue weighted by Crippen LogP contribution is -2.46. The molecule has 0 atom stereocenters. The number of fused-ring (bicyclic) bond motifs is 1. The van der Waals surface area contributed by atoms with Gasteiger partial charge in [0, 0.05) is 54.4 Å². The van der Waals surface area contributed by atoms with Gasteiger partial charge < -0.3 is 20.0 Å². The Morgan fingerprint density at radius 2 is 1.39 bits per heavy atom. The predicted octanol–water partition coefficient (Wildman–Crippen LogP) is 5.00. The molecule has 0 aromatic heterocycles. The Balaban J connectivity index is 0.00000109. The van der Waals surface area contributed by atoms with Crippen molar-refractivity contribution in [3.63, 3.8) is 0 Å². The number of rotatable bonds is 3. The lowest BCUT2D eigenvalue weighted by molar-refractivity contribution is 0.475. The molecule has 1 heterocycles. The Bertz CT molecular complexity index is 949. The molecule has 1 saturated heterocycles. The predicted molar refractivity (Wildman–Crippen MR) is 115 cm³/mol. The summed E-state index contributed by atoms with van der Waals surface area (Å²) in [5.41, 5.74) is 2.08. The first-order chi connectivity index (χ1) is 13.7. The fraction of sp³-hybridized carbons (Fsp3) is 0.273. The number of hydrogen-bond acceptors (Lipinski definition) is 6. The Morgan fingerprint density at radius 3 is 2.00 bits per heavy atom. The maximum Gasteiger partial charge on any atom is 0.157 e. The molecule has 1 aliphatic heterocycles. The number of hydrogen-bond donors (Lipinski definition) is 2. The second-order valence-electron chi connectivity index (χ2n) is 6.39. The van der Waals surface area contributed by atoms with Gasteiger partial charge in [-0.2, -0.15) is 0 Å². The fourth-order valence-corrected chi connectivity index (χ4v) is 3.55. The average Bonchev–Trinajstić information content (AvgIpc) is 2.75. The van der Waals surface area contributed by atoms with Crippen LogP contribution in [0.4, 0.5) is 17.1 Å². The topological polar surface area (TPSA) is 76.4 Å². The highest BCUT2D eigenvalue weighted by Crippen LogP contribution is 2.41. The molecule has 3 aromatic carbocycles. The summed E-state index contributed by atoms with van der Waals surface area (Å²) < 4.78 is 0. The van der Waals surface area contributed by atoms with Gasteiger partial charge in [-0.25, -0.2) is 0 Å². The van der Waals surface area contributed by atoms with E-state index >= 15 is 0 Å². The first-order valence-corrected chi connectivity index (χ1v) is 9.54. The van der Waals surface area contributed by atoms with Crippen LogP contribution in [-0.4, -0.2) is 36.4 Å². The van der Waals surface area contributed by atoms with Gasteiger partial charge >= 0.3 is 0 Å². The molecule has 4 rings (SSSR count). The van der Waals surface area contributed by atoms with Crippen molar-refractivity contribution in [3.05, 3.63) is 59.5 Å². The monoisotopic (exact) mass is 379 g/mol. The van der Waals surface area contributed by atoms with E-state index in [2.05, 4.69) is 15.0 Å². The zero-order valence-corrected chi connectivity index (χ0v) is 16.2.